The number of piperidine rings is 1. The largest absolute Gasteiger partial charge is 0.573 e. The molecule has 1 aromatic carbocycles. The summed E-state index contributed by atoms with van der Waals surface area (Å²) < 4.78 is 43.5. The van der Waals surface area contributed by atoms with Crippen LogP contribution < -0.4 is 10.1 Å². The Kier molecular flexibility index (Phi) is 6.04. The van der Waals surface area contributed by atoms with E-state index in [1.54, 1.807) is 16.8 Å². The molecule has 3 heterocycles. The fourth-order valence-electron chi connectivity index (χ4n) is 3.98. The first-order valence-electron chi connectivity index (χ1n) is 10.5. The number of alkyl halides is 3. The predicted octanol–water partition coefficient (Wildman–Crippen LogP) is 4.75. The van der Waals surface area contributed by atoms with Crippen molar-refractivity contribution < 1.29 is 17.9 Å². The van der Waals surface area contributed by atoms with E-state index in [4.69, 9.17) is 5.10 Å². The molecule has 1 aliphatic heterocycles. The summed E-state index contributed by atoms with van der Waals surface area (Å²) in [5.74, 6) is 1.08. The smallest absolute Gasteiger partial charge is 0.406 e. The summed E-state index contributed by atoms with van der Waals surface area (Å²) in [6, 6.07) is 7.77. The fourth-order valence-corrected chi connectivity index (χ4v) is 3.98. The van der Waals surface area contributed by atoms with Crippen LogP contribution in [0.1, 0.15) is 25.3 Å². The lowest BCUT2D eigenvalue weighted by Crippen LogP contribution is -2.35. The number of halogens is 3. The van der Waals surface area contributed by atoms with Gasteiger partial charge < -0.3 is 15.0 Å². The number of hydrogen-bond donors (Lipinski definition) is 1. The average molecular weight is 433 g/mol. The van der Waals surface area contributed by atoms with Crippen molar-refractivity contribution >= 4 is 11.5 Å². The number of imidazole rings is 1. The molecule has 0 unspecified atom stereocenters. The first-order valence-corrected chi connectivity index (χ1v) is 10.5. The van der Waals surface area contributed by atoms with E-state index in [9.17, 15) is 13.2 Å². The van der Waals surface area contributed by atoms with Crippen LogP contribution >= 0.6 is 0 Å². The number of nitrogens with one attached hydrogen (secondary N) is 1. The van der Waals surface area contributed by atoms with E-state index in [2.05, 4.69) is 26.9 Å². The van der Waals surface area contributed by atoms with Gasteiger partial charge in [0.25, 0.3) is 0 Å². The topological polar surface area (TPSA) is 54.7 Å². The van der Waals surface area contributed by atoms with Crippen LogP contribution in [0.4, 0.5) is 19.0 Å². The van der Waals surface area contributed by atoms with Crippen LogP contribution in [0.3, 0.4) is 0 Å². The van der Waals surface area contributed by atoms with Gasteiger partial charge in [0.2, 0.25) is 0 Å². The first-order chi connectivity index (χ1) is 14.8. The number of rotatable bonds is 6. The van der Waals surface area contributed by atoms with E-state index in [1.807, 2.05) is 13.0 Å². The molecule has 0 spiro atoms. The van der Waals surface area contributed by atoms with Gasteiger partial charge in [0, 0.05) is 12.1 Å². The minimum Gasteiger partial charge on any atom is -0.406 e. The van der Waals surface area contributed by atoms with Crippen molar-refractivity contribution in [3.8, 4) is 17.0 Å². The van der Waals surface area contributed by atoms with Crippen LogP contribution in [0.15, 0.2) is 36.5 Å². The van der Waals surface area contributed by atoms with E-state index in [-0.39, 0.29) is 5.75 Å². The van der Waals surface area contributed by atoms with Crippen LogP contribution in [-0.4, -0.2) is 52.0 Å². The Bertz CT molecular complexity index is 1040. The molecule has 31 heavy (non-hydrogen) atoms. The molecule has 0 amide bonds. The van der Waals surface area contributed by atoms with Crippen molar-refractivity contribution in [1.82, 2.24) is 19.5 Å². The lowest BCUT2D eigenvalue weighted by molar-refractivity contribution is -0.274. The van der Waals surface area contributed by atoms with Gasteiger partial charge in [-0.25, -0.2) is 9.50 Å². The molecule has 0 bridgehead atoms. The van der Waals surface area contributed by atoms with E-state index in [1.165, 1.54) is 18.2 Å². The second kappa shape index (κ2) is 8.74. The van der Waals surface area contributed by atoms with Gasteiger partial charge in [-0.15, -0.1) is 18.3 Å². The van der Waals surface area contributed by atoms with Gasteiger partial charge in [-0.05, 0) is 69.1 Å². The minimum absolute atomic E-state index is 0.274. The zero-order valence-corrected chi connectivity index (χ0v) is 17.6. The van der Waals surface area contributed by atoms with E-state index in [0.29, 0.717) is 22.8 Å². The molecule has 1 fully saturated rings. The fraction of sp³-hybridized carbons (Fsp3) is 0.455. The van der Waals surface area contributed by atoms with Gasteiger partial charge in [0.05, 0.1) is 11.9 Å². The molecule has 9 heteroatoms. The van der Waals surface area contributed by atoms with Crippen LogP contribution in [0.5, 0.6) is 5.75 Å². The third-order valence-corrected chi connectivity index (χ3v) is 5.76. The third kappa shape index (κ3) is 5.10. The lowest BCUT2D eigenvalue weighted by atomic mass is 9.97. The quantitative estimate of drug-likeness (QED) is 0.608. The highest BCUT2D eigenvalue weighted by Gasteiger charge is 2.31. The molecule has 0 aliphatic carbocycles. The molecule has 0 atom stereocenters. The van der Waals surface area contributed by atoms with Crippen molar-refractivity contribution in [3.05, 3.63) is 42.1 Å². The Balaban J connectivity index is 1.55. The number of ether oxygens (including phenoxy) is 1. The number of aryl methyl sites for hydroxylation is 1. The summed E-state index contributed by atoms with van der Waals surface area (Å²) in [5.41, 5.74) is 2.76. The molecular weight excluding hydrogens is 407 g/mol. The molecule has 0 radical (unpaired) electrons. The molecule has 1 aliphatic rings. The number of hydrogen-bond acceptors (Lipinski definition) is 5. The zero-order valence-electron chi connectivity index (χ0n) is 17.6. The molecular formula is C22H26F3N5O. The number of fused-ring (bicyclic) bond motifs is 1. The summed E-state index contributed by atoms with van der Waals surface area (Å²) in [4.78, 5) is 6.83. The number of benzene rings is 1. The maximum Gasteiger partial charge on any atom is 0.573 e. The van der Waals surface area contributed by atoms with Gasteiger partial charge in [-0.2, -0.15) is 0 Å². The summed E-state index contributed by atoms with van der Waals surface area (Å²) in [6.45, 7) is 8.34. The third-order valence-electron chi connectivity index (χ3n) is 5.76. The normalized spacial score (nSPS) is 16.0. The van der Waals surface area contributed by atoms with Gasteiger partial charge in [0.1, 0.15) is 11.6 Å². The van der Waals surface area contributed by atoms with Gasteiger partial charge in [-0.3, -0.25) is 0 Å². The Morgan fingerprint density at radius 3 is 2.68 bits per heavy atom. The van der Waals surface area contributed by atoms with E-state index in [0.717, 1.165) is 50.4 Å². The SMILES string of the molecule is CCN1CCC(CNc2nn3c(-c4cccc(OC(F)(F)F)c4)cnc3cc2C)CC1. The molecule has 3 aromatic rings. The Labute approximate surface area is 179 Å². The lowest BCUT2D eigenvalue weighted by Gasteiger charge is -2.31. The summed E-state index contributed by atoms with van der Waals surface area (Å²) in [5, 5.41) is 8.17. The second-order valence-electron chi connectivity index (χ2n) is 7.92. The summed E-state index contributed by atoms with van der Waals surface area (Å²) >= 11 is 0. The Morgan fingerprint density at radius 2 is 1.97 bits per heavy atom. The van der Waals surface area contributed by atoms with Gasteiger partial charge in [-0.1, -0.05) is 19.1 Å². The molecule has 0 saturated carbocycles. The van der Waals surface area contributed by atoms with Crippen molar-refractivity contribution in [2.24, 2.45) is 5.92 Å². The zero-order chi connectivity index (χ0) is 22.0. The highest BCUT2D eigenvalue weighted by Crippen LogP contribution is 2.29. The van der Waals surface area contributed by atoms with Gasteiger partial charge >= 0.3 is 6.36 Å². The van der Waals surface area contributed by atoms with Gasteiger partial charge in [0.15, 0.2) is 5.65 Å². The molecule has 1 saturated heterocycles. The maximum absolute atomic E-state index is 12.6. The van der Waals surface area contributed by atoms with Crippen LogP contribution in [0, 0.1) is 12.8 Å². The summed E-state index contributed by atoms with van der Waals surface area (Å²) in [7, 11) is 0. The van der Waals surface area contributed by atoms with Crippen LogP contribution in [-0.2, 0) is 0 Å². The number of nitrogens with zero attached hydrogens (tertiary/aromatic N) is 4. The minimum atomic E-state index is -4.74. The Hall–Kier alpha value is -2.81. The van der Waals surface area contributed by atoms with Crippen molar-refractivity contribution in [3.63, 3.8) is 0 Å². The first kappa shape index (κ1) is 21.4. The monoisotopic (exact) mass is 433 g/mol. The standard InChI is InChI=1S/C22H26F3N5O/c1-3-29-9-7-16(8-10-29)13-27-21-15(2)11-20-26-14-19(30(20)28-21)17-5-4-6-18(12-17)31-22(23,24)25/h4-6,11-12,14,16H,3,7-10,13H2,1-2H3,(H,27,28). The van der Waals surface area contributed by atoms with Crippen molar-refractivity contribution in [2.45, 2.75) is 33.1 Å². The summed E-state index contributed by atoms with van der Waals surface area (Å²) in [6.07, 6.45) is -0.814. The molecule has 2 aromatic heterocycles. The van der Waals surface area contributed by atoms with E-state index < -0.39 is 6.36 Å². The molecule has 6 nitrogen and oxygen atoms in total. The Morgan fingerprint density at radius 1 is 1.19 bits per heavy atom. The predicted molar refractivity (Wildman–Crippen MR) is 113 cm³/mol. The van der Waals surface area contributed by atoms with Crippen LogP contribution in [0.25, 0.3) is 16.9 Å². The van der Waals surface area contributed by atoms with E-state index >= 15 is 0 Å². The molecule has 4 rings (SSSR count). The maximum atomic E-state index is 12.6. The highest BCUT2D eigenvalue weighted by atomic mass is 19.4. The van der Waals surface area contributed by atoms with Crippen molar-refractivity contribution in [2.75, 3.05) is 31.5 Å². The second-order valence-corrected chi connectivity index (χ2v) is 7.92. The van der Waals surface area contributed by atoms with Crippen LogP contribution in [0.2, 0.25) is 0 Å². The molecule has 1 N–H and O–H groups in total. The number of anilines is 1. The average Bonchev–Trinajstić information content (AvgIpc) is 3.14. The number of likely N-dealkylation sites (tertiary alicyclic amines) is 1. The number of aromatic nitrogens is 3. The van der Waals surface area contributed by atoms with Crippen molar-refractivity contribution in [1.29, 1.82) is 0 Å². The highest BCUT2D eigenvalue weighted by molar-refractivity contribution is 5.66. The molecule has 166 valence electrons.